The zero-order valence-corrected chi connectivity index (χ0v) is 19.7. The zero-order valence-electron chi connectivity index (χ0n) is 19.7. The molecule has 4 rings (SSSR count). The maximum Gasteiger partial charge on any atom is 0.134 e. The molecule has 0 aromatic heterocycles. The van der Waals surface area contributed by atoms with Crippen molar-refractivity contribution in [3.8, 4) is 0 Å². The third-order valence-electron chi connectivity index (χ3n) is 8.23. The molecule has 0 unspecified atom stereocenters. The molecule has 0 atom stereocenters. The van der Waals surface area contributed by atoms with Gasteiger partial charge in [0.15, 0.2) is 0 Å². The highest BCUT2D eigenvalue weighted by atomic mass is 19.1. The molecule has 0 radical (unpaired) electrons. The molecule has 0 saturated heterocycles. The van der Waals surface area contributed by atoms with Gasteiger partial charge in [-0.3, -0.25) is 0 Å². The van der Waals surface area contributed by atoms with Gasteiger partial charge in [0.2, 0.25) is 0 Å². The average Bonchev–Trinajstić information content (AvgIpc) is 2.81. The van der Waals surface area contributed by atoms with Gasteiger partial charge in [0.25, 0.3) is 0 Å². The second kappa shape index (κ2) is 10.8. The molecular formula is C30H41F. The Morgan fingerprint density at radius 3 is 2.19 bits per heavy atom. The molecule has 2 aliphatic rings. The van der Waals surface area contributed by atoms with E-state index in [2.05, 4.69) is 44.2 Å². The Balaban J connectivity index is 1.28. The van der Waals surface area contributed by atoms with Crippen LogP contribution in [0, 0.1) is 23.6 Å². The number of hydrogen-bond donors (Lipinski definition) is 0. The van der Waals surface area contributed by atoms with E-state index in [-0.39, 0.29) is 5.82 Å². The molecule has 2 aliphatic carbocycles. The maximum atomic E-state index is 14.8. The van der Waals surface area contributed by atoms with E-state index < -0.39 is 0 Å². The van der Waals surface area contributed by atoms with Crippen molar-refractivity contribution in [3.05, 3.63) is 59.4 Å². The van der Waals surface area contributed by atoms with E-state index in [1.807, 2.05) is 12.1 Å². The molecule has 0 amide bonds. The van der Waals surface area contributed by atoms with E-state index in [9.17, 15) is 4.39 Å². The summed E-state index contributed by atoms with van der Waals surface area (Å²) >= 11 is 0. The number of hydrogen-bond acceptors (Lipinski definition) is 0. The van der Waals surface area contributed by atoms with Crippen LogP contribution in [0.3, 0.4) is 0 Å². The summed E-state index contributed by atoms with van der Waals surface area (Å²) in [7, 11) is 0. The van der Waals surface area contributed by atoms with Crippen LogP contribution in [0.5, 0.6) is 0 Å². The molecule has 0 bridgehead atoms. The fraction of sp³-hybridized carbons (Fsp3) is 0.600. The topological polar surface area (TPSA) is 0 Å². The number of allylic oxidation sites excluding steroid dienone is 2. The molecule has 0 nitrogen and oxygen atoms in total. The summed E-state index contributed by atoms with van der Waals surface area (Å²) < 4.78 is 14.8. The highest BCUT2D eigenvalue weighted by Crippen LogP contribution is 2.40. The van der Waals surface area contributed by atoms with Gasteiger partial charge in [0, 0.05) is 5.39 Å². The summed E-state index contributed by atoms with van der Waals surface area (Å²) in [6.07, 6.45) is 20.4. The largest absolute Gasteiger partial charge is 0.206 e. The zero-order chi connectivity index (χ0) is 21.6. The number of fused-ring (bicyclic) bond motifs is 1. The molecule has 2 fully saturated rings. The van der Waals surface area contributed by atoms with Crippen LogP contribution in [0.25, 0.3) is 10.8 Å². The quantitative estimate of drug-likeness (QED) is 0.391. The molecule has 0 aliphatic heterocycles. The highest BCUT2D eigenvalue weighted by Gasteiger charge is 2.25. The summed E-state index contributed by atoms with van der Waals surface area (Å²) in [5.74, 6) is 3.42. The van der Waals surface area contributed by atoms with Crippen molar-refractivity contribution in [2.75, 3.05) is 0 Å². The van der Waals surface area contributed by atoms with Gasteiger partial charge >= 0.3 is 0 Å². The lowest BCUT2D eigenvalue weighted by Crippen LogP contribution is -2.17. The average molecular weight is 421 g/mol. The molecule has 168 valence electrons. The first-order valence-corrected chi connectivity index (χ1v) is 13.0. The second-order valence-corrected chi connectivity index (χ2v) is 10.4. The standard InChI is InChI=1S/C30H41F/c1-3-5-22-7-9-23(10-8-22)11-12-24-13-15-25(16-14-24)27-19-20-29-28(21-27)18-17-26(6-4-2)30(29)31/h3,5,17-25H,4,6-16H2,1-2H3/b5-3+. The van der Waals surface area contributed by atoms with E-state index in [4.69, 9.17) is 0 Å². The normalized spacial score (nSPS) is 27.2. The number of aryl methyl sites for hydroxylation is 1. The van der Waals surface area contributed by atoms with Crippen LogP contribution >= 0.6 is 0 Å². The number of benzene rings is 2. The van der Waals surface area contributed by atoms with Crippen molar-refractivity contribution >= 4 is 10.8 Å². The first-order valence-electron chi connectivity index (χ1n) is 13.0. The van der Waals surface area contributed by atoms with E-state index in [0.717, 1.165) is 46.9 Å². The molecule has 2 aromatic rings. The Hall–Kier alpha value is -1.63. The number of halogens is 1. The fourth-order valence-corrected chi connectivity index (χ4v) is 6.27. The van der Waals surface area contributed by atoms with Gasteiger partial charge in [0.1, 0.15) is 5.82 Å². The van der Waals surface area contributed by atoms with Gasteiger partial charge in [-0.25, -0.2) is 4.39 Å². The SMILES string of the molecule is C/C=C/C1CCC(CCC2CCC(c3ccc4c(F)c(CCC)ccc4c3)CC2)CC1. The van der Waals surface area contributed by atoms with Crippen LogP contribution in [0.1, 0.15) is 102 Å². The predicted octanol–water partition coefficient (Wildman–Crippen LogP) is 9.37. The van der Waals surface area contributed by atoms with Gasteiger partial charge < -0.3 is 0 Å². The monoisotopic (exact) mass is 420 g/mol. The van der Waals surface area contributed by atoms with Gasteiger partial charge in [-0.05, 0) is 105 Å². The molecule has 0 N–H and O–H groups in total. The maximum absolute atomic E-state index is 14.8. The third kappa shape index (κ3) is 5.60. The van der Waals surface area contributed by atoms with Crippen LogP contribution in [-0.2, 0) is 6.42 Å². The van der Waals surface area contributed by atoms with Crippen molar-refractivity contribution < 1.29 is 4.39 Å². The van der Waals surface area contributed by atoms with Crippen molar-refractivity contribution in [3.63, 3.8) is 0 Å². The van der Waals surface area contributed by atoms with E-state index in [1.165, 1.54) is 69.8 Å². The van der Waals surface area contributed by atoms with Crippen LogP contribution in [0.15, 0.2) is 42.5 Å². The Kier molecular flexibility index (Phi) is 7.86. The molecule has 0 heterocycles. The second-order valence-electron chi connectivity index (χ2n) is 10.4. The smallest absolute Gasteiger partial charge is 0.134 e. The fourth-order valence-electron chi connectivity index (χ4n) is 6.27. The lowest BCUT2D eigenvalue weighted by molar-refractivity contribution is 0.246. The van der Waals surface area contributed by atoms with Crippen molar-refractivity contribution in [2.45, 2.75) is 96.8 Å². The van der Waals surface area contributed by atoms with E-state index >= 15 is 0 Å². The summed E-state index contributed by atoms with van der Waals surface area (Å²) in [5, 5.41) is 1.87. The molecule has 2 aromatic carbocycles. The first-order chi connectivity index (χ1) is 15.2. The summed E-state index contributed by atoms with van der Waals surface area (Å²) in [6, 6.07) is 10.6. The minimum Gasteiger partial charge on any atom is -0.206 e. The van der Waals surface area contributed by atoms with E-state index in [0.29, 0.717) is 5.92 Å². The Morgan fingerprint density at radius 1 is 0.871 bits per heavy atom. The predicted molar refractivity (Wildman–Crippen MR) is 132 cm³/mol. The minimum absolute atomic E-state index is 0.00522. The van der Waals surface area contributed by atoms with Crippen molar-refractivity contribution in [1.29, 1.82) is 0 Å². The summed E-state index contributed by atoms with van der Waals surface area (Å²) in [6.45, 7) is 4.26. The Morgan fingerprint density at radius 2 is 1.55 bits per heavy atom. The minimum atomic E-state index is -0.00522. The van der Waals surface area contributed by atoms with Crippen LogP contribution in [-0.4, -0.2) is 0 Å². The Bertz CT molecular complexity index is 863. The molecular weight excluding hydrogens is 379 g/mol. The highest BCUT2D eigenvalue weighted by molar-refractivity contribution is 5.84. The molecule has 31 heavy (non-hydrogen) atoms. The van der Waals surface area contributed by atoms with Gasteiger partial charge in [0.05, 0.1) is 0 Å². The van der Waals surface area contributed by atoms with Crippen LogP contribution < -0.4 is 0 Å². The lowest BCUT2D eigenvalue weighted by Gasteiger charge is -2.31. The number of rotatable bonds is 7. The summed E-state index contributed by atoms with van der Waals surface area (Å²) in [5.41, 5.74) is 2.29. The van der Waals surface area contributed by atoms with E-state index in [1.54, 1.807) is 0 Å². The van der Waals surface area contributed by atoms with Crippen molar-refractivity contribution in [1.82, 2.24) is 0 Å². The molecule has 0 spiro atoms. The third-order valence-corrected chi connectivity index (χ3v) is 8.23. The van der Waals surface area contributed by atoms with Gasteiger partial charge in [-0.2, -0.15) is 0 Å². The van der Waals surface area contributed by atoms with Crippen molar-refractivity contribution in [2.24, 2.45) is 17.8 Å². The van der Waals surface area contributed by atoms with Crippen LogP contribution in [0.2, 0.25) is 0 Å². The molecule has 2 saturated carbocycles. The lowest BCUT2D eigenvalue weighted by atomic mass is 9.74. The first kappa shape index (κ1) is 22.6. The van der Waals surface area contributed by atoms with Crippen LogP contribution in [0.4, 0.5) is 4.39 Å². The van der Waals surface area contributed by atoms with Gasteiger partial charge in [-0.15, -0.1) is 0 Å². The molecule has 1 heteroatoms. The summed E-state index contributed by atoms with van der Waals surface area (Å²) in [4.78, 5) is 0. The van der Waals surface area contributed by atoms with Gasteiger partial charge in [-0.1, -0.05) is 68.7 Å². The Labute approximate surface area is 189 Å².